The molecule has 4 heterocycles. The van der Waals surface area contributed by atoms with E-state index < -0.39 is 0 Å². The molecule has 0 spiro atoms. The second-order valence-electron chi connectivity index (χ2n) is 7.45. The second kappa shape index (κ2) is 6.96. The zero-order chi connectivity index (χ0) is 15.6. The normalized spacial score (nSPS) is 30.1. The predicted molar refractivity (Wildman–Crippen MR) is 90.4 cm³/mol. The molecule has 0 unspecified atom stereocenters. The molecule has 1 aromatic rings. The third kappa shape index (κ3) is 3.35. The van der Waals surface area contributed by atoms with E-state index in [0.29, 0.717) is 0 Å². The van der Waals surface area contributed by atoms with Gasteiger partial charge in [0.25, 0.3) is 0 Å². The summed E-state index contributed by atoms with van der Waals surface area (Å²) in [5.74, 6) is 3.11. The summed E-state index contributed by atoms with van der Waals surface area (Å²) < 4.78 is 11.4. The van der Waals surface area contributed by atoms with Crippen LogP contribution in [-0.4, -0.2) is 54.7 Å². The van der Waals surface area contributed by atoms with E-state index in [0.717, 1.165) is 55.7 Å². The monoisotopic (exact) mass is 318 g/mol. The molecule has 0 bridgehead atoms. The van der Waals surface area contributed by atoms with Crippen LogP contribution < -0.4 is 0 Å². The number of likely N-dealkylation sites (tertiary alicyclic amines) is 2. The van der Waals surface area contributed by atoms with Crippen LogP contribution >= 0.6 is 0 Å². The minimum absolute atomic E-state index is 0.741. The Kier molecular flexibility index (Phi) is 4.74. The van der Waals surface area contributed by atoms with Crippen molar-refractivity contribution in [3.8, 4) is 0 Å². The molecule has 23 heavy (non-hydrogen) atoms. The van der Waals surface area contributed by atoms with Crippen LogP contribution in [0.1, 0.15) is 44.1 Å². The van der Waals surface area contributed by atoms with Gasteiger partial charge in [-0.3, -0.25) is 9.80 Å². The molecule has 3 aliphatic rings. The van der Waals surface area contributed by atoms with Gasteiger partial charge in [-0.05, 0) is 43.7 Å². The third-order valence-corrected chi connectivity index (χ3v) is 6.06. The number of rotatable bonds is 5. The van der Waals surface area contributed by atoms with E-state index in [1.807, 2.05) is 0 Å². The number of fused-ring (bicyclic) bond motifs is 1. The predicted octanol–water partition coefficient (Wildman–Crippen LogP) is 2.92. The van der Waals surface area contributed by atoms with Crippen LogP contribution in [0.15, 0.2) is 16.5 Å². The number of nitrogens with zero attached hydrogens (tertiary/aromatic N) is 2. The van der Waals surface area contributed by atoms with Gasteiger partial charge in [0.15, 0.2) is 0 Å². The van der Waals surface area contributed by atoms with Gasteiger partial charge >= 0.3 is 0 Å². The average Bonchev–Trinajstić information content (AvgIpc) is 3.28. The van der Waals surface area contributed by atoms with Gasteiger partial charge in [-0.1, -0.05) is 6.92 Å². The quantitative estimate of drug-likeness (QED) is 0.835. The van der Waals surface area contributed by atoms with Crippen LogP contribution in [0.2, 0.25) is 0 Å². The SMILES string of the molecule is CCc1ccc(CN2CC[C@@H]3[C@@H]2CCN3CC2CCOCC2)o1. The molecule has 4 rings (SSSR count). The van der Waals surface area contributed by atoms with Crippen molar-refractivity contribution in [1.82, 2.24) is 9.80 Å². The van der Waals surface area contributed by atoms with E-state index in [1.165, 1.54) is 45.3 Å². The Labute approximate surface area is 139 Å². The number of hydrogen-bond donors (Lipinski definition) is 0. The maximum absolute atomic E-state index is 5.92. The molecule has 1 aromatic heterocycles. The maximum Gasteiger partial charge on any atom is 0.118 e. The standard InChI is InChI=1S/C19H30N2O2/c1-2-16-3-4-17(23-16)14-21-10-6-18-19(21)5-9-20(18)13-15-7-11-22-12-8-15/h3-4,15,18-19H,2,5-14H2,1H3/t18-,19+/m1/s1. The Bertz CT molecular complexity index is 509. The van der Waals surface area contributed by atoms with Crippen LogP contribution in [0.3, 0.4) is 0 Å². The van der Waals surface area contributed by atoms with Gasteiger partial charge < -0.3 is 9.15 Å². The topological polar surface area (TPSA) is 28.9 Å². The van der Waals surface area contributed by atoms with Gasteiger partial charge in [0.05, 0.1) is 6.54 Å². The molecule has 0 N–H and O–H groups in total. The maximum atomic E-state index is 5.92. The summed E-state index contributed by atoms with van der Waals surface area (Å²) in [4.78, 5) is 5.44. The molecule has 0 saturated carbocycles. The zero-order valence-electron chi connectivity index (χ0n) is 14.4. The number of ether oxygens (including phenoxy) is 1. The van der Waals surface area contributed by atoms with Crippen molar-refractivity contribution in [2.24, 2.45) is 5.92 Å². The first-order valence-electron chi connectivity index (χ1n) is 9.47. The van der Waals surface area contributed by atoms with Gasteiger partial charge in [0.1, 0.15) is 11.5 Å². The molecule has 2 atom stereocenters. The summed E-state index contributed by atoms with van der Waals surface area (Å²) in [5.41, 5.74) is 0. The highest BCUT2D eigenvalue weighted by molar-refractivity contribution is 5.09. The fourth-order valence-corrected chi connectivity index (χ4v) is 4.75. The summed E-state index contributed by atoms with van der Waals surface area (Å²) in [6.45, 7) is 8.88. The average molecular weight is 318 g/mol. The van der Waals surface area contributed by atoms with Gasteiger partial charge in [-0.2, -0.15) is 0 Å². The molecule has 3 aliphatic heterocycles. The van der Waals surface area contributed by atoms with Crippen LogP contribution in [-0.2, 0) is 17.7 Å². The number of hydrogen-bond acceptors (Lipinski definition) is 4. The molecule has 3 fully saturated rings. The minimum Gasteiger partial charge on any atom is -0.465 e. The first-order valence-corrected chi connectivity index (χ1v) is 9.47. The summed E-state index contributed by atoms with van der Waals surface area (Å²) in [6, 6.07) is 5.82. The van der Waals surface area contributed by atoms with Gasteiger partial charge in [-0.15, -0.1) is 0 Å². The molecular weight excluding hydrogens is 288 g/mol. The lowest BCUT2D eigenvalue weighted by Crippen LogP contribution is -2.39. The first kappa shape index (κ1) is 15.7. The lowest BCUT2D eigenvalue weighted by Gasteiger charge is -2.30. The number of aryl methyl sites for hydroxylation is 1. The Morgan fingerprint density at radius 2 is 1.65 bits per heavy atom. The Morgan fingerprint density at radius 1 is 0.957 bits per heavy atom. The fourth-order valence-electron chi connectivity index (χ4n) is 4.75. The Morgan fingerprint density at radius 3 is 2.39 bits per heavy atom. The van der Waals surface area contributed by atoms with Crippen LogP contribution in [0.5, 0.6) is 0 Å². The van der Waals surface area contributed by atoms with E-state index in [2.05, 4.69) is 28.9 Å². The van der Waals surface area contributed by atoms with Crippen molar-refractivity contribution < 1.29 is 9.15 Å². The van der Waals surface area contributed by atoms with Gasteiger partial charge in [0.2, 0.25) is 0 Å². The van der Waals surface area contributed by atoms with E-state index in [-0.39, 0.29) is 0 Å². The van der Waals surface area contributed by atoms with Crippen LogP contribution in [0.25, 0.3) is 0 Å². The first-order chi connectivity index (χ1) is 11.3. The molecular formula is C19H30N2O2. The summed E-state index contributed by atoms with van der Waals surface area (Å²) >= 11 is 0. The highest BCUT2D eigenvalue weighted by atomic mass is 16.5. The van der Waals surface area contributed by atoms with E-state index in [1.54, 1.807) is 0 Å². The van der Waals surface area contributed by atoms with E-state index >= 15 is 0 Å². The van der Waals surface area contributed by atoms with Crippen molar-refractivity contribution in [2.75, 3.05) is 32.8 Å². The molecule has 0 aromatic carbocycles. The summed E-state index contributed by atoms with van der Waals surface area (Å²) in [7, 11) is 0. The van der Waals surface area contributed by atoms with Gasteiger partial charge in [0, 0.05) is 51.4 Å². The smallest absolute Gasteiger partial charge is 0.118 e. The van der Waals surface area contributed by atoms with Crippen molar-refractivity contribution >= 4 is 0 Å². The molecule has 0 radical (unpaired) electrons. The second-order valence-corrected chi connectivity index (χ2v) is 7.45. The molecule has 128 valence electrons. The molecule has 0 aliphatic carbocycles. The van der Waals surface area contributed by atoms with Crippen molar-refractivity contribution in [3.63, 3.8) is 0 Å². The van der Waals surface area contributed by atoms with E-state index in [4.69, 9.17) is 9.15 Å². The van der Waals surface area contributed by atoms with Gasteiger partial charge in [-0.25, -0.2) is 0 Å². The summed E-state index contributed by atoms with van der Waals surface area (Å²) in [5, 5.41) is 0. The summed E-state index contributed by atoms with van der Waals surface area (Å²) in [6.07, 6.45) is 6.16. The zero-order valence-corrected chi connectivity index (χ0v) is 14.4. The lowest BCUT2D eigenvalue weighted by atomic mass is 9.99. The van der Waals surface area contributed by atoms with E-state index in [9.17, 15) is 0 Å². The molecule has 0 amide bonds. The highest BCUT2D eigenvalue weighted by Gasteiger charge is 2.42. The lowest BCUT2D eigenvalue weighted by molar-refractivity contribution is 0.0503. The molecule has 4 nitrogen and oxygen atoms in total. The minimum atomic E-state index is 0.741. The molecule has 4 heteroatoms. The third-order valence-electron chi connectivity index (χ3n) is 6.06. The van der Waals surface area contributed by atoms with Crippen LogP contribution in [0, 0.1) is 5.92 Å². The van der Waals surface area contributed by atoms with Crippen LogP contribution in [0.4, 0.5) is 0 Å². The van der Waals surface area contributed by atoms with Crippen molar-refractivity contribution in [1.29, 1.82) is 0 Å². The largest absolute Gasteiger partial charge is 0.465 e. The highest BCUT2D eigenvalue weighted by Crippen LogP contribution is 2.34. The van der Waals surface area contributed by atoms with Crippen molar-refractivity contribution in [3.05, 3.63) is 23.7 Å². The number of furan rings is 1. The Balaban J connectivity index is 1.33. The Hall–Kier alpha value is -0.840. The van der Waals surface area contributed by atoms with Crippen molar-refractivity contribution in [2.45, 2.75) is 57.7 Å². The fraction of sp³-hybridized carbons (Fsp3) is 0.789. The molecule has 3 saturated heterocycles.